The lowest BCUT2D eigenvalue weighted by molar-refractivity contribution is 0.0683. The lowest BCUT2D eigenvalue weighted by atomic mass is 10.0. The fourth-order valence-corrected chi connectivity index (χ4v) is 5.76. The average Bonchev–Trinajstić information content (AvgIpc) is 3.11. The van der Waals surface area contributed by atoms with Gasteiger partial charge >= 0.3 is 0 Å². The van der Waals surface area contributed by atoms with Crippen molar-refractivity contribution in [1.29, 1.82) is 0 Å². The van der Waals surface area contributed by atoms with Crippen LogP contribution in [0.15, 0.2) is 66.7 Å². The molecule has 3 aromatic carbocycles. The zero-order chi connectivity index (χ0) is 20.4. The summed E-state index contributed by atoms with van der Waals surface area (Å²) in [4.78, 5) is 15.4. The van der Waals surface area contributed by atoms with E-state index in [2.05, 4.69) is 19.1 Å². The van der Waals surface area contributed by atoms with Crippen LogP contribution in [0, 0.1) is 0 Å². The Morgan fingerprint density at radius 2 is 1.66 bits per heavy atom. The average molecular weight is 408 g/mol. The second kappa shape index (κ2) is 7.99. The number of aryl methyl sites for hydroxylation is 1. The lowest BCUT2D eigenvalue weighted by Gasteiger charge is -2.29. The highest BCUT2D eigenvalue weighted by atomic mass is 32.2. The number of rotatable bonds is 5. The number of fused-ring (bicyclic) bond motifs is 1. The van der Waals surface area contributed by atoms with Crippen LogP contribution in [0.2, 0.25) is 0 Å². The number of amides is 1. The van der Waals surface area contributed by atoms with Gasteiger partial charge in [0.05, 0.1) is 11.5 Å². The molecule has 0 aromatic heterocycles. The van der Waals surface area contributed by atoms with Crippen LogP contribution in [0.1, 0.15) is 34.8 Å². The number of carbonyl (C=O) groups is 1. The van der Waals surface area contributed by atoms with Gasteiger partial charge in [0.15, 0.2) is 9.84 Å². The zero-order valence-corrected chi connectivity index (χ0v) is 17.4. The van der Waals surface area contributed by atoms with E-state index in [0.29, 0.717) is 18.5 Å². The third kappa shape index (κ3) is 4.20. The molecule has 0 spiro atoms. The second-order valence-electron chi connectivity index (χ2n) is 7.69. The molecule has 0 aliphatic carbocycles. The predicted molar refractivity (Wildman–Crippen MR) is 117 cm³/mol. The van der Waals surface area contributed by atoms with E-state index in [1.165, 1.54) is 5.56 Å². The topological polar surface area (TPSA) is 54.5 Å². The Labute approximate surface area is 172 Å². The highest BCUT2D eigenvalue weighted by Gasteiger charge is 2.35. The van der Waals surface area contributed by atoms with Crippen molar-refractivity contribution in [3.63, 3.8) is 0 Å². The first-order valence-corrected chi connectivity index (χ1v) is 11.9. The summed E-state index contributed by atoms with van der Waals surface area (Å²) in [6.07, 6.45) is 1.45. The van der Waals surface area contributed by atoms with Gasteiger partial charge in [-0.05, 0) is 40.8 Å². The van der Waals surface area contributed by atoms with Crippen LogP contribution in [-0.4, -0.2) is 36.8 Å². The molecule has 4 nitrogen and oxygen atoms in total. The number of hydrogen-bond acceptors (Lipinski definition) is 3. The minimum Gasteiger partial charge on any atom is -0.330 e. The van der Waals surface area contributed by atoms with Gasteiger partial charge in [-0.2, -0.15) is 0 Å². The van der Waals surface area contributed by atoms with Gasteiger partial charge in [0.1, 0.15) is 0 Å². The standard InChI is InChI=1S/C24H25NO3S/c1-2-18-10-12-19(13-11-18)16-25(21-14-15-29(27,28)17-21)24(26)23-9-5-7-20-6-3-4-8-22(20)23/h3-13,21H,2,14-17H2,1H3. The molecule has 5 heteroatoms. The maximum Gasteiger partial charge on any atom is 0.255 e. The molecule has 1 saturated heterocycles. The molecular weight excluding hydrogens is 382 g/mol. The van der Waals surface area contributed by atoms with E-state index >= 15 is 0 Å². The molecule has 1 aliphatic heterocycles. The lowest BCUT2D eigenvalue weighted by Crippen LogP contribution is -2.40. The van der Waals surface area contributed by atoms with Crippen molar-refractivity contribution >= 4 is 26.5 Å². The molecule has 1 amide bonds. The van der Waals surface area contributed by atoms with Gasteiger partial charge < -0.3 is 4.90 Å². The maximum absolute atomic E-state index is 13.6. The zero-order valence-electron chi connectivity index (χ0n) is 16.5. The Bertz CT molecular complexity index is 1130. The van der Waals surface area contributed by atoms with Gasteiger partial charge in [0, 0.05) is 18.2 Å². The molecule has 4 rings (SSSR count). The molecule has 0 N–H and O–H groups in total. The van der Waals surface area contributed by atoms with Gasteiger partial charge in [-0.3, -0.25) is 4.79 Å². The first-order valence-electron chi connectivity index (χ1n) is 10.0. The van der Waals surface area contributed by atoms with Crippen molar-refractivity contribution < 1.29 is 13.2 Å². The van der Waals surface area contributed by atoms with E-state index < -0.39 is 9.84 Å². The monoisotopic (exact) mass is 407 g/mol. The van der Waals surface area contributed by atoms with Gasteiger partial charge in [0.2, 0.25) is 0 Å². The minimum atomic E-state index is -3.10. The van der Waals surface area contributed by atoms with Crippen LogP contribution in [-0.2, 0) is 22.8 Å². The van der Waals surface area contributed by atoms with Gasteiger partial charge in [-0.15, -0.1) is 0 Å². The van der Waals surface area contributed by atoms with Crippen LogP contribution in [0.5, 0.6) is 0 Å². The van der Waals surface area contributed by atoms with Crippen LogP contribution in [0.4, 0.5) is 0 Å². The molecule has 1 heterocycles. The molecule has 0 saturated carbocycles. The summed E-state index contributed by atoms with van der Waals surface area (Å²) in [7, 11) is -3.10. The van der Waals surface area contributed by atoms with E-state index in [9.17, 15) is 13.2 Å². The van der Waals surface area contributed by atoms with Crippen LogP contribution in [0.3, 0.4) is 0 Å². The highest BCUT2D eigenvalue weighted by molar-refractivity contribution is 7.91. The first-order chi connectivity index (χ1) is 14.0. The fourth-order valence-electron chi connectivity index (χ4n) is 4.03. The Morgan fingerprint density at radius 3 is 2.34 bits per heavy atom. The van der Waals surface area contributed by atoms with Crippen LogP contribution < -0.4 is 0 Å². The van der Waals surface area contributed by atoms with Crippen molar-refractivity contribution in [2.75, 3.05) is 11.5 Å². The summed E-state index contributed by atoms with van der Waals surface area (Å²) >= 11 is 0. The Hall–Kier alpha value is -2.66. The maximum atomic E-state index is 13.6. The number of nitrogens with zero attached hydrogens (tertiary/aromatic N) is 1. The highest BCUT2D eigenvalue weighted by Crippen LogP contribution is 2.26. The number of hydrogen-bond donors (Lipinski definition) is 0. The Morgan fingerprint density at radius 1 is 0.966 bits per heavy atom. The quantitative estimate of drug-likeness (QED) is 0.636. The van der Waals surface area contributed by atoms with Crippen molar-refractivity contribution in [2.45, 2.75) is 32.4 Å². The largest absolute Gasteiger partial charge is 0.330 e. The fraction of sp³-hybridized carbons (Fsp3) is 0.292. The predicted octanol–water partition coefficient (Wildman–Crippen LogP) is 4.23. The van der Waals surface area contributed by atoms with Crippen molar-refractivity contribution in [3.8, 4) is 0 Å². The van der Waals surface area contributed by atoms with Crippen LogP contribution >= 0.6 is 0 Å². The van der Waals surface area contributed by atoms with E-state index in [1.54, 1.807) is 4.90 Å². The number of carbonyl (C=O) groups excluding carboxylic acids is 1. The molecule has 1 atom stereocenters. The van der Waals surface area contributed by atoms with E-state index in [4.69, 9.17) is 0 Å². The van der Waals surface area contributed by atoms with E-state index in [0.717, 1.165) is 22.8 Å². The third-order valence-corrected chi connectivity index (χ3v) is 7.46. The van der Waals surface area contributed by atoms with Crippen molar-refractivity contribution in [3.05, 3.63) is 83.4 Å². The molecule has 0 bridgehead atoms. The molecule has 150 valence electrons. The van der Waals surface area contributed by atoms with Crippen molar-refractivity contribution in [1.82, 2.24) is 4.90 Å². The molecule has 0 radical (unpaired) electrons. The smallest absolute Gasteiger partial charge is 0.255 e. The van der Waals surface area contributed by atoms with Gasteiger partial charge in [-0.1, -0.05) is 67.6 Å². The molecule has 1 aliphatic rings. The van der Waals surface area contributed by atoms with E-state index in [-0.39, 0.29) is 23.5 Å². The number of benzene rings is 3. The summed E-state index contributed by atoms with van der Waals surface area (Å²) in [6, 6.07) is 21.4. The minimum absolute atomic E-state index is 0.0382. The molecule has 29 heavy (non-hydrogen) atoms. The van der Waals surface area contributed by atoms with Crippen LogP contribution in [0.25, 0.3) is 10.8 Å². The number of sulfone groups is 1. The third-order valence-electron chi connectivity index (χ3n) is 5.71. The Balaban J connectivity index is 1.71. The van der Waals surface area contributed by atoms with Gasteiger partial charge in [-0.25, -0.2) is 8.42 Å². The molecular formula is C24H25NO3S. The summed E-state index contributed by atoms with van der Waals surface area (Å²) in [5.41, 5.74) is 2.88. The van der Waals surface area contributed by atoms with E-state index in [1.807, 2.05) is 54.6 Å². The molecule has 3 aromatic rings. The van der Waals surface area contributed by atoms with Crippen molar-refractivity contribution in [2.24, 2.45) is 0 Å². The summed E-state index contributed by atoms with van der Waals surface area (Å²) in [5.74, 6) is 0.0749. The Kier molecular flexibility index (Phi) is 5.41. The summed E-state index contributed by atoms with van der Waals surface area (Å²) < 4.78 is 24.2. The summed E-state index contributed by atoms with van der Waals surface area (Å²) in [5, 5.41) is 1.90. The second-order valence-corrected chi connectivity index (χ2v) is 9.92. The SMILES string of the molecule is CCc1ccc(CN(C(=O)c2cccc3ccccc23)C2CCS(=O)(=O)C2)cc1. The summed E-state index contributed by atoms with van der Waals surface area (Å²) in [6.45, 7) is 2.51. The first kappa shape index (κ1) is 19.6. The molecule has 1 fully saturated rings. The van der Waals surface area contributed by atoms with Gasteiger partial charge in [0.25, 0.3) is 5.91 Å². The molecule has 1 unspecified atom stereocenters. The normalized spacial score (nSPS) is 18.0.